The van der Waals surface area contributed by atoms with Crippen LogP contribution in [0, 0.1) is 5.82 Å². The van der Waals surface area contributed by atoms with Gasteiger partial charge in [-0.05, 0) is 33.0 Å². The van der Waals surface area contributed by atoms with Crippen molar-refractivity contribution in [2.24, 2.45) is 0 Å². The molecular formula is C14H20FN3O2. The van der Waals surface area contributed by atoms with E-state index < -0.39 is 11.4 Å². The second-order valence-corrected chi connectivity index (χ2v) is 5.68. The number of carbonyl (C=O) groups excluding carboxylic acids is 1. The molecule has 20 heavy (non-hydrogen) atoms. The van der Waals surface area contributed by atoms with Crippen molar-refractivity contribution in [2.45, 2.75) is 18.4 Å². The zero-order chi connectivity index (χ0) is 14.8. The molecule has 0 radical (unpaired) electrons. The zero-order valence-electron chi connectivity index (χ0n) is 11.8. The van der Waals surface area contributed by atoms with Gasteiger partial charge in [0.15, 0.2) is 0 Å². The molecule has 1 aliphatic rings. The molecule has 1 N–H and O–H groups in total. The van der Waals surface area contributed by atoms with E-state index in [-0.39, 0.29) is 18.0 Å². The molecule has 110 valence electrons. The average Bonchev–Trinajstić information content (AvgIpc) is 2.36. The molecular weight excluding hydrogens is 261 g/mol. The molecule has 2 heterocycles. The highest BCUT2D eigenvalue weighted by molar-refractivity contribution is 5.94. The van der Waals surface area contributed by atoms with E-state index in [9.17, 15) is 14.3 Å². The van der Waals surface area contributed by atoms with Crippen LogP contribution in [0.1, 0.15) is 23.2 Å². The number of likely N-dealkylation sites (tertiary alicyclic amines) is 1. The van der Waals surface area contributed by atoms with Gasteiger partial charge in [0.1, 0.15) is 5.82 Å². The number of nitrogens with zero attached hydrogens (tertiary/aromatic N) is 3. The highest BCUT2D eigenvalue weighted by atomic mass is 19.1. The molecule has 1 aromatic rings. The Morgan fingerprint density at radius 1 is 1.55 bits per heavy atom. The minimum atomic E-state index is -0.905. The summed E-state index contributed by atoms with van der Waals surface area (Å²) in [6.07, 6.45) is 3.82. The lowest BCUT2D eigenvalue weighted by Crippen LogP contribution is -2.54. The summed E-state index contributed by atoms with van der Waals surface area (Å²) >= 11 is 0. The first-order valence-corrected chi connectivity index (χ1v) is 6.67. The second-order valence-electron chi connectivity index (χ2n) is 5.68. The number of hydrogen-bond donors (Lipinski definition) is 1. The van der Waals surface area contributed by atoms with E-state index in [1.165, 1.54) is 12.3 Å². The van der Waals surface area contributed by atoms with E-state index in [0.717, 1.165) is 12.6 Å². The Hall–Kier alpha value is -1.53. The lowest BCUT2D eigenvalue weighted by atomic mass is 9.92. The summed E-state index contributed by atoms with van der Waals surface area (Å²) < 4.78 is 13.1. The number of aromatic nitrogens is 1. The van der Waals surface area contributed by atoms with Gasteiger partial charge in [0.05, 0.1) is 23.9 Å². The number of β-amino-alcohol motifs (C(OH)–C–C–N with tert-alkyl or cyclic N) is 1. The summed E-state index contributed by atoms with van der Waals surface area (Å²) in [5.41, 5.74) is -0.683. The van der Waals surface area contributed by atoms with Gasteiger partial charge >= 0.3 is 0 Å². The maximum atomic E-state index is 13.1. The van der Waals surface area contributed by atoms with Gasteiger partial charge in [0.2, 0.25) is 0 Å². The lowest BCUT2D eigenvalue weighted by Gasteiger charge is -2.40. The van der Waals surface area contributed by atoms with Gasteiger partial charge in [-0.1, -0.05) is 0 Å². The van der Waals surface area contributed by atoms with E-state index in [2.05, 4.69) is 4.98 Å². The molecule has 5 nitrogen and oxygen atoms in total. The van der Waals surface area contributed by atoms with Gasteiger partial charge < -0.3 is 14.9 Å². The van der Waals surface area contributed by atoms with Crippen LogP contribution < -0.4 is 0 Å². The smallest absolute Gasteiger partial charge is 0.255 e. The monoisotopic (exact) mass is 281 g/mol. The predicted octanol–water partition coefficient (Wildman–Crippen LogP) is 0.749. The number of halogens is 1. The van der Waals surface area contributed by atoms with E-state index in [1.54, 1.807) is 4.90 Å². The number of likely N-dealkylation sites (N-methyl/N-ethyl adjacent to an activating group) is 1. The largest absolute Gasteiger partial charge is 0.387 e. The van der Waals surface area contributed by atoms with Crippen LogP contribution in [-0.4, -0.2) is 65.1 Å². The average molecular weight is 281 g/mol. The van der Waals surface area contributed by atoms with Crippen LogP contribution >= 0.6 is 0 Å². The maximum absolute atomic E-state index is 13.1. The Kier molecular flexibility index (Phi) is 4.35. The first kappa shape index (κ1) is 14.9. The van der Waals surface area contributed by atoms with Crippen molar-refractivity contribution < 1.29 is 14.3 Å². The summed E-state index contributed by atoms with van der Waals surface area (Å²) in [6.45, 7) is 1.34. The Bertz CT molecular complexity index is 495. The van der Waals surface area contributed by atoms with Crippen molar-refractivity contribution in [1.82, 2.24) is 14.8 Å². The van der Waals surface area contributed by atoms with Crippen LogP contribution in [-0.2, 0) is 0 Å². The summed E-state index contributed by atoms with van der Waals surface area (Å²) in [5.74, 6) is -0.815. The first-order chi connectivity index (χ1) is 9.39. The summed E-state index contributed by atoms with van der Waals surface area (Å²) in [7, 11) is 3.77. The van der Waals surface area contributed by atoms with E-state index in [1.807, 2.05) is 19.0 Å². The van der Waals surface area contributed by atoms with Crippen molar-refractivity contribution in [1.29, 1.82) is 0 Å². The predicted molar refractivity (Wildman–Crippen MR) is 72.8 cm³/mol. The molecule has 0 bridgehead atoms. The highest BCUT2D eigenvalue weighted by Crippen LogP contribution is 2.23. The van der Waals surface area contributed by atoms with Gasteiger partial charge in [-0.25, -0.2) is 4.39 Å². The molecule has 0 spiro atoms. The fourth-order valence-corrected chi connectivity index (χ4v) is 2.71. The summed E-state index contributed by atoms with van der Waals surface area (Å²) in [6, 6.07) is 1.18. The Morgan fingerprint density at radius 2 is 2.30 bits per heavy atom. The number of carbonyl (C=O) groups is 1. The normalized spacial score (nSPS) is 23.1. The van der Waals surface area contributed by atoms with E-state index in [0.29, 0.717) is 19.5 Å². The van der Waals surface area contributed by atoms with Crippen molar-refractivity contribution in [3.05, 3.63) is 29.8 Å². The number of amides is 1. The standard InChI is InChI=1S/C14H20FN3O2/c1-17(2)9-14(20)4-3-5-18(10-14)13(19)11-6-12(15)8-16-7-11/h6-8,20H,3-5,9-10H2,1-2H3/t14-/m0/s1. The van der Waals surface area contributed by atoms with Gasteiger partial charge in [-0.3, -0.25) is 9.78 Å². The van der Waals surface area contributed by atoms with Crippen molar-refractivity contribution in [3.8, 4) is 0 Å². The van der Waals surface area contributed by atoms with Crippen LogP contribution in [0.25, 0.3) is 0 Å². The number of hydrogen-bond acceptors (Lipinski definition) is 4. The first-order valence-electron chi connectivity index (χ1n) is 6.67. The number of piperidine rings is 1. The van der Waals surface area contributed by atoms with Crippen molar-refractivity contribution >= 4 is 5.91 Å². The minimum Gasteiger partial charge on any atom is -0.387 e. The third-order valence-corrected chi connectivity index (χ3v) is 3.40. The molecule has 0 unspecified atom stereocenters. The molecule has 1 aliphatic heterocycles. The molecule has 1 atom stereocenters. The van der Waals surface area contributed by atoms with Crippen LogP contribution in [0.2, 0.25) is 0 Å². The van der Waals surface area contributed by atoms with Gasteiger partial charge in [0, 0.05) is 19.3 Å². The molecule has 1 fully saturated rings. The van der Waals surface area contributed by atoms with E-state index >= 15 is 0 Å². The zero-order valence-corrected chi connectivity index (χ0v) is 11.8. The molecule has 1 saturated heterocycles. The second kappa shape index (κ2) is 5.85. The van der Waals surface area contributed by atoms with Gasteiger partial charge in [-0.15, -0.1) is 0 Å². The number of pyridine rings is 1. The summed E-state index contributed by atoms with van der Waals surface area (Å²) in [5, 5.41) is 10.5. The van der Waals surface area contributed by atoms with E-state index in [4.69, 9.17) is 0 Å². The Balaban J connectivity index is 2.10. The van der Waals surface area contributed by atoms with Crippen LogP contribution in [0.15, 0.2) is 18.5 Å². The SMILES string of the molecule is CN(C)C[C@@]1(O)CCCN(C(=O)c2cncc(F)c2)C1. The molecule has 1 aromatic heterocycles. The van der Waals surface area contributed by atoms with Gasteiger partial charge in [0.25, 0.3) is 5.91 Å². The molecule has 2 rings (SSSR count). The fourth-order valence-electron chi connectivity index (χ4n) is 2.71. The third kappa shape index (κ3) is 3.52. The molecule has 0 aromatic carbocycles. The van der Waals surface area contributed by atoms with Crippen molar-refractivity contribution in [2.75, 3.05) is 33.7 Å². The van der Waals surface area contributed by atoms with Crippen LogP contribution in [0.3, 0.4) is 0 Å². The van der Waals surface area contributed by atoms with Crippen LogP contribution in [0.5, 0.6) is 0 Å². The molecule has 1 amide bonds. The Morgan fingerprint density at radius 3 is 2.95 bits per heavy atom. The van der Waals surface area contributed by atoms with Crippen LogP contribution in [0.4, 0.5) is 4.39 Å². The topological polar surface area (TPSA) is 56.7 Å². The maximum Gasteiger partial charge on any atom is 0.255 e. The Labute approximate surface area is 118 Å². The minimum absolute atomic E-state index is 0.221. The van der Waals surface area contributed by atoms with Gasteiger partial charge in [-0.2, -0.15) is 0 Å². The number of aliphatic hydroxyl groups is 1. The molecule has 0 saturated carbocycles. The third-order valence-electron chi connectivity index (χ3n) is 3.40. The quantitative estimate of drug-likeness (QED) is 0.888. The lowest BCUT2D eigenvalue weighted by molar-refractivity contribution is -0.0391. The summed E-state index contributed by atoms with van der Waals surface area (Å²) in [4.78, 5) is 19.5. The molecule has 0 aliphatic carbocycles. The fraction of sp³-hybridized carbons (Fsp3) is 0.571. The number of rotatable bonds is 3. The van der Waals surface area contributed by atoms with Crippen molar-refractivity contribution in [3.63, 3.8) is 0 Å². The highest BCUT2D eigenvalue weighted by Gasteiger charge is 2.35. The molecule has 6 heteroatoms.